The number of nitrogens with two attached hydrogens (primary N) is 1. The lowest BCUT2D eigenvalue weighted by Gasteiger charge is -1.99. The summed E-state index contributed by atoms with van der Waals surface area (Å²) in [5.74, 6) is 0. The summed E-state index contributed by atoms with van der Waals surface area (Å²) < 4.78 is 0. The second kappa shape index (κ2) is 4.15. The average Bonchev–Trinajstić information content (AvgIpc) is 1.85. The van der Waals surface area contributed by atoms with E-state index in [0.29, 0.717) is 0 Å². The third kappa shape index (κ3) is 3.33. The molecule has 0 atom stereocenters. The van der Waals surface area contributed by atoms with Gasteiger partial charge in [-0.3, -0.25) is 0 Å². The van der Waals surface area contributed by atoms with E-state index in [9.17, 15) is 0 Å². The SMILES string of the molecule is CC/C(C)=C(C)\C=C(/C)N. The number of allylic oxidation sites excluding steroid dienone is 4. The summed E-state index contributed by atoms with van der Waals surface area (Å²) in [6.45, 7) is 8.29. The van der Waals surface area contributed by atoms with Crippen molar-refractivity contribution in [3.63, 3.8) is 0 Å². The minimum atomic E-state index is 0.880. The maximum absolute atomic E-state index is 5.51. The van der Waals surface area contributed by atoms with Gasteiger partial charge in [0.05, 0.1) is 0 Å². The summed E-state index contributed by atoms with van der Waals surface area (Å²) in [6, 6.07) is 0. The van der Waals surface area contributed by atoms with Crippen molar-refractivity contribution in [3.05, 3.63) is 22.9 Å². The van der Waals surface area contributed by atoms with E-state index in [1.807, 2.05) is 13.0 Å². The zero-order chi connectivity index (χ0) is 8.15. The van der Waals surface area contributed by atoms with Gasteiger partial charge in [-0.05, 0) is 33.3 Å². The molecule has 0 aromatic heterocycles. The van der Waals surface area contributed by atoms with Crippen molar-refractivity contribution in [1.82, 2.24) is 0 Å². The van der Waals surface area contributed by atoms with Crippen LogP contribution in [0.1, 0.15) is 34.1 Å². The Hall–Kier alpha value is -0.720. The standard InChI is InChI=1S/C9H17N/c1-5-7(2)8(3)6-9(4)10/h6H,5,10H2,1-4H3/b8-7-,9-6+. The molecule has 0 aromatic rings. The third-order valence-corrected chi connectivity index (χ3v) is 1.65. The molecule has 0 rings (SSSR count). The topological polar surface area (TPSA) is 26.0 Å². The van der Waals surface area contributed by atoms with Crippen LogP contribution < -0.4 is 5.73 Å². The molecule has 0 saturated carbocycles. The van der Waals surface area contributed by atoms with Crippen molar-refractivity contribution in [3.8, 4) is 0 Å². The summed E-state index contributed by atoms with van der Waals surface area (Å²) in [6.07, 6.45) is 3.12. The molecule has 0 aromatic carbocycles. The Balaban J connectivity index is 4.33. The quantitative estimate of drug-likeness (QED) is 0.585. The minimum absolute atomic E-state index is 0.880. The molecule has 0 aliphatic rings. The minimum Gasteiger partial charge on any atom is -0.402 e. The Labute approximate surface area is 63.6 Å². The molecule has 0 bridgehead atoms. The molecule has 2 N–H and O–H groups in total. The molecule has 0 unspecified atom stereocenters. The smallest absolute Gasteiger partial charge is 0.00515 e. The van der Waals surface area contributed by atoms with Gasteiger partial charge in [0.25, 0.3) is 0 Å². The predicted molar refractivity (Wildman–Crippen MR) is 46.6 cm³/mol. The van der Waals surface area contributed by atoms with Crippen LogP contribution in [-0.4, -0.2) is 0 Å². The van der Waals surface area contributed by atoms with Gasteiger partial charge in [-0.15, -0.1) is 0 Å². The van der Waals surface area contributed by atoms with E-state index < -0.39 is 0 Å². The Kier molecular flexibility index (Phi) is 3.85. The van der Waals surface area contributed by atoms with E-state index in [2.05, 4.69) is 20.8 Å². The Morgan fingerprint density at radius 3 is 2.10 bits per heavy atom. The zero-order valence-electron chi connectivity index (χ0n) is 7.36. The molecule has 0 heterocycles. The van der Waals surface area contributed by atoms with Gasteiger partial charge in [0.2, 0.25) is 0 Å². The van der Waals surface area contributed by atoms with Gasteiger partial charge in [0.15, 0.2) is 0 Å². The number of hydrogen-bond donors (Lipinski definition) is 1. The maximum atomic E-state index is 5.51. The predicted octanol–water partition coefficient (Wildman–Crippen LogP) is 2.60. The van der Waals surface area contributed by atoms with E-state index in [1.165, 1.54) is 11.1 Å². The highest BCUT2D eigenvalue weighted by atomic mass is 14.5. The Morgan fingerprint density at radius 2 is 1.80 bits per heavy atom. The first-order valence-electron chi connectivity index (χ1n) is 3.68. The van der Waals surface area contributed by atoms with Crippen LogP contribution >= 0.6 is 0 Å². The lowest BCUT2D eigenvalue weighted by molar-refractivity contribution is 1.07. The molecule has 0 aliphatic carbocycles. The molecule has 0 radical (unpaired) electrons. The van der Waals surface area contributed by atoms with E-state index in [4.69, 9.17) is 5.73 Å². The van der Waals surface area contributed by atoms with Crippen molar-refractivity contribution < 1.29 is 0 Å². The zero-order valence-corrected chi connectivity index (χ0v) is 7.36. The highest BCUT2D eigenvalue weighted by Gasteiger charge is 1.89. The molecule has 58 valence electrons. The van der Waals surface area contributed by atoms with Crippen molar-refractivity contribution >= 4 is 0 Å². The first-order chi connectivity index (χ1) is 4.57. The molecule has 0 aliphatic heterocycles. The molecule has 1 heteroatoms. The van der Waals surface area contributed by atoms with Crippen LogP contribution in [-0.2, 0) is 0 Å². The van der Waals surface area contributed by atoms with Crippen molar-refractivity contribution in [2.24, 2.45) is 5.73 Å². The molecule has 1 nitrogen and oxygen atoms in total. The van der Waals surface area contributed by atoms with Crippen molar-refractivity contribution in [2.45, 2.75) is 34.1 Å². The highest BCUT2D eigenvalue weighted by molar-refractivity contribution is 5.24. The van der Waals surface area contributed by atoms with Gasteiger partial charge in [-0.25, -0.2) is 0 Å². The molecular weight excluding hydrogens is 122 g/mol. The summed E-state index contributed by atoms with van der Waals surface area (Å²) >= 11 is 0. The van der Waals surface area contributed by atoms with Crippen LogP contribution in [0, 0.1) is 0 Å². The van der Waals surface area contributed by atoms with E-state index in [1.54, 1.807) is 0 Å². The summed E-state index contributed by atoms with van der Waals surface area (Å²) in [4.78, 5) is 0. The lowest BCUT2D eigenvalue weighted by Crippen LogP contribution is -1.91. The molecule has 0 spiro atoms. The lowest BCUT2D eigenvalue weighted by atomic mass is 10.1. The van der Waals surface area contributed by atoms with E-state index in [0.717, 1.165) is 12.1 Å². The van der Waals surface area contributed by atoms with Gasteiger partial charge >= 0.3 is 0 Å². The second-order valence-corrected chi connectivity index (χ2v) is 2.71. The normalized spacial score (nSPS) is 15.0. The van der Waals surface area contributed by atoms with Crippen LogP contribution in [0.3, 0.4) is 0 Å². The summed E-state index contributed by atoms with van der Waals surface area (Å²) in [7, 11) is 0. The van der Waals surface area contributed by atoms with Gasteiger partial charge in [0.1, 0.15) is 0 Å². The van der Waals surface area contributed by atoms with Crippen LogP contribution in [0.4, 0.5) is 0 Å². The Bertz CT molecular complexity index is 160. The number of rotatable bonds is 2. The molecular formula is C9H17N. The molecule has 10 heavy (non-hydrogen) atoms. The second-order valence-electron chi connectivity index (χ2n) is 2.71. The van der Waals surface area contributed by atoms with Gasteiger partial charge in [-0.1, -0.05) is 18.1 Å². The Morgan fingerprint density at radius 1 is 1.30 bits per heavy atom. The fourth-order valence-electron chi connectivity index (χ4n) is 0.744. The van der Waals surface area contributed by atoms with Crippen molar-refractivity contribution in [1.29, 1.82) is 0 Å². The fraction of sp³-hybridized carbons (Fsp3) is 0.556. The fourth-order valence-corrected chi connectivity index (χ4v) is 0.744. The molecule has 0 saturated heterocycles. The first-order valence-corrected chi connectivity index (χ1v) is 3.68. The van der Waals surface area contributed by atoms with Gasteiger partial charge < -0.3 is 5.73 Å². The highest BCUT2D eigenvalue weighted by Crippen LogP contribution is 2.08. The largest absolute Gasteiger partial charge is 0.402 e. The van der Waals surface area contributed by atoms with Crippen LogP contribution in [0.2, 0.25) is 0 Å². The van der Waals surface area contributed by atoms with Crippen molar-refractivity contribution in [2.75, 3.05) is 0 Å². The van der Waals surface area contributed by atoms with Crippen LogP contribution in [0.15, 0.2) is 22.9 Å². The van der Waals surface area contributed by atoms with Gasteiger partial charge in [-0.2, -0.15) is 0 Å². The van der Waals surface area contributed by atoms with Crippen LogP contribution in [0.5, 0.6) is 0 Å². The first kappa shape index (κ1) is 9.28. The van der Waals surface area contributed by atoms with E-state index in [-0.39, 0.29) is 0 Å². The van der Waals surface area contributed by atoms with Gasteiger partial charge in [0, 0.05) is 5.70 Å². The number of hydrogen-bond acceptors (Lipinski definition) is 1. The summed E-state index contributed by atoms with van der Waals surface area (Å²) in [5, 5.41) is 0. The average molecular weight is 139 g/mol. The molecule has 0 fully saturated rings. The summed E-state index contributed by atoms with van der Waals surface area (Å²) in [5.41, 5.74) is 9.09. The maximum Gasteiger partial charge on any atom is 0.00515 e. The van der Waals surface area contributed by atoms with Crippen LogP contribution in [0.25, 0.3) is 0 Å². The molecule has 0 amide bonds. The third-order valence-electron chi connectivity index (χ3n) is 1.65. The van der Waals surface area contributed by atoms with E-state index >= 15 is 0 Å². The monoisotopic (exact) mass is 139 g/mol.